The molecule has 3 aromatic rings. The van der Waals surface area contributed by atoms with Crippen LogP contribution in [0.1, 0.15) is 17.3 Å². The number of amides is 1. The molecule has 3 heterocycles. The first-order chi connectivity index (χ1) is 18.4. The highest BCUT2D eigenvalue weighted by molar-refractivity contribution is 5.97. The fourth-order valence-corrected chi connectivity index (χ4v) is 4.09. The number of aromatic nitrogens is 2. The third-order valence-electron chi connectivity index (χ3n) is 6.21. The highest BCUT2D eigenvalue weighted by atomic mass is 19.4. The number of pyridine rings is 2. The number of carbonyl (C=O) groups excluding carboxylic acids is 1. The van der Waals surface area contributed by atoms with Gasteiger partial charge < -0.3 is 20.4 Å². The monoisotopic (exact) mass is 584 g/mol. The van der Waals surface area contributed by atoms with E-state index < -0.39 is 93.1 Å². The predicted octanol–water partition coefficient (Wildman–Crippen LogP) is 2.80. The van der Waals surface area contributed by atoms with E-state index in [0.29, 0.717) is 16.8 Å². The maximum atomic E-state index is 15.0. The molecule has 3 atom stereocenters. The normalized spacial score (nSPS) is 18.9. The number of aliphatic hydroxyl groups excluding tert-OH is 2. The van der Waals surface area contributed by atoms with Gasteiger partial charge in [-0.2, -0.15) is 22.0 Å². The summed E-state index contributed by atoms with van der Waals surface area (Å²) in [5.41, 5.74) is -4.61. The van der Waals surface area contributed by atoms with E-state index in [1.165, 1.54) is 5.32 Å². The molecular formula is C23H17F9N4O4. The molecule has 1 aliphatic heterocycles. The molecule has 1 unspecified atom stereocenters. The van der Waals surface area contributed by atoms with Gasteiger partial charge in [-0.25, -0.2) is 22.5 Å². The molecular weight excluding hydrogens is 567 g/mol. The first-order valence-electron chi connectivity index (χ1n) is 11.2. The number of nitrogens with one attached hydrogen (secondary N) is 1. The van der Waals surface area contributed by atoms with E-state index in [-0.39, 0.29) is 32.1 Å². The number of anilines is 1. The molecule has 4 rings (SSSR count). The van der Waals surface area contributed by atoms with Crippen LogP contribution < -0.4 is 15.6 Å². The molecule has 2 aromatic heterocycles. The van der Waals surface area contributed by atoms with E-state index in [4.69, 9.17) is 0 Å². The van der Waals surface area contributed by atoms with Gasteiger partial charge in [0.05, 0.1) is 23.6 Å². The average molecular weight is 584 g/mol. The van der Waals surface area contributed by atoms with Gasteiger partial charge in [0.2, 0.25) is 5.43 Å². The Kier molecular flexibility index (Phi) is 7.25. The van der Waals surface area contributed by atoms with Crippen molar-refractivity contribution >= 4 is 22.8 Å². The molecule has 1 fully saturated rings. The van der Waals surface area contributed by atoms with Crippen LogP contribution in [0.15, 0.2) is 29.2 Å². The quantitative estimate of drug-likeness (QED) is 0.399. The van der Waals surface area contributed by atoms with E-state index >= 15 is 4.39 Å². The molecule has 1 amide bonds. The molecule has 1 saturated heterocycles. The zero-order valence-corrected chi connectivity index (χ0v) is 19.9. The number of aliphatic hydroxyl groups is 2. The second-order valence-electron chi connectivity index (χ2n) is 8.98. The van der Waals surface area contributed by atoms with Crippen molar-refractivity contribution in [1.82, 2.24) is 14.9 Å². The minimum absolute atomic E-state index is 0.200. The van der Waals surface area contributed by atoms with Gasteiger partial charge in [0.15, 0.2) is 28.9 Å². The van der Waals surface area contributed by atoms with Crippen LogP contribution in [0.25, 0.3) is 16.7 Å². The summed E-state index contributed by atoms with van der Waals surface area (Å²) in [6, 6.07) is -2.07. The minimum Gasteiger partial charge on any atom is -0.389 e. The number of hydrogen-bond acceptors (Lipinski definition) is 6. The van der Waals surface area contributed by atoms with Gasteiger partial charge in [-0.3, -0.25) is 14.2 Å². The van der Waals surface area contributed by atoms with Crippen LogP contribution in [-0.4, -0.2) is 69.1 Å². The van der Waals surface area contributed by atoms with E-state index in [9.17, 15) is 54.9 Å². The van der Waals surface area contributed by atoms with Crippen LogP contribution >= 0.6 is 0 Å². The summed E-state index contributed by atoms with van der Waals surface area (Å²) >= 11 is 0. The molecule has 1 aromatic carbocycles. The molecule has 40 heavy (non-hydrogen) atoms. The Morgan fingerprint density at radius 3 is 2.08 bits per heavy atom. The van der Waals surface area contributed by atoms with Crippen molar-refractivity contribution in [3.05, 3.63) is 63.5 Å². The topological polar surface area (TPSA) is 108 Å². The zero-order valence-electron chi connectivity index (χ0n) is 19.9. The van der Waals surface area contributed by atoms with Crippen LogP contribution in [0.5, 0.6) is 0 Å². The number of β-amino-alcohol motifs (C(OH)–C–C–N with tert-alkyl or cyclic N) is 2. The van der Waals surface area contributed by atoms with Gasteiger partial charge in [0.1, 0.15) is 17.1 Å². The van der Waals surface area contributed by atoms with Gasteiger partial charge in [0.25, 0.3) is 5.91 Å². The molecule has 17 heteroatoms. The van der Waals surface area contributed by atoms with E-state index in [0.717, 1.165) is 4.90 Å². The van der Waals surface area contributed by atoms with E-state index in [1.54, 1.807) is 0 Å². The van der Waals surface area contributed by atoms with Crippen molar-refractivity contribution in [1.29, 1.82) is 0 Å². The fraction of sp³-hybridized carbons (Fsp3) is 0.348. The first-order valence-corrected chi connectivity index (χ1v) is 11.2. The van der Waals surface area contributed by atoms with Gasteiger partial charge in [-0.05, 0) is 13.0 Å². The lowest BCUT2D eigenvalue weighted by Crippen LogP contribution is -2.54. The minimum atomic E-state index is -6.09. The second kappa shape index (κ2) is 9.96. The van der Waals surface area contributed by atoms with Gasteiger partial charge in [0, 0.05) is 31.4 Å². The van der Waals surface area contributed by atoms with Crippen molar-refractivity contribution < 1.29 is 54.5 Å². The summed E-state index contributed by atoms with van der Waals surface area (Å²) in [5, 5.41) is 20.0. The molecule has 0 radical (unpaired) electrons. The van der Waals surface area contributed by atoms with Crippen LogP contribution in [0.4, 0.5) is 45.3 Å². The first kappa shape index (κ1) is 29.1. The Labute approximate surface area is 217 Å². The number of carbonyl (C=O) groups is 1. The highest BCUT2D eigenvalue weighted by Gasteiger charge is 2.61. The maximum absolute atomic E-state index is 15.0. The second-order valence-corrected chi connectivity index (χ2v) is 8.98. The standard InChI is InChI=1S/C23H17F9N4O4/c1-8(22(28,29)23(30,31)32)33-21(40)11-5-36(17-12(25)2-9(24)3-13(17)26)19-10(18(11)39)4-14(27)20(34-19)35-6-15(37)16(38)7-35/h2-5,8,15-16,37-38H,6-7H2,1H3,(H,33,40)/t8?,15-,16+. The molecule has 1 aliphatic rings. The third-order valence-corrected chi connectivity index (χ3v) is 6.21. The summed E-state index contributed by atoms with van der Waals surface area (Å²) in [5.74, 6) is -13.8. The summed E-state index contributed by atoms with van der Waals surface area (Å²) < 4.78 is 124. The third kappa shape index (κ3) is 4.94. The number of hydrogen-bond donors (Lipinski definition) is 3. The maximum Gasteiger partial charge on any atom is 0.455 e. The van der Waals surface area contributed by atoms with Crippen LogP contribution in [-0.2, 0) is 0 Å². The van der Waals surface area contributed by atoms with Crippen molar-refractivity contribution in [2.75, 3.05) is 18.0 Å². The Morgan fingerprint density at radius 1 is 1.00 bits per heavy atom. The lowest BCUT2D eigenvalue weighted by molar-refractivity contribution is -0.290. The smallest absolute Gasteiger partial charge is 0.389 e. The molecule has 0 spiro atoms. The number of fused-ring (bicyclic) bond motifs is 1. The molecule has 0 saturated carbocycles. The molecule has 0 aliphatic carbocycles. The number of alkyl halides is 5. The predicted molar refractivity (Wildman–Crippen MR) is 119 cm³/mol. The van der Waals surface area contributed by atoms with Crippen molar-refractivity contribution in [2.45, 2.75) is 37.3 Å². The summed E-state index contributed by atoms with van der Waals surface area (Å²) in [7, 11) is 0. The molecule has 3 N–H and O–H groups in total. The Bertz CT molecular complexity index is 1530. The number of nitrogens with zero attached hydrogens (tertiary/aromatic N) is 3. The summed E-state index contributed by atoms with van der Waals surface area (Å²) in [6.45, 7) is -0.422. The van der Waals surface area contributed by atoms with Crippen molar-refractivity contribution in [3.8, 4) is 5.69 Å². The van der Waals surface area contributed by atoms with Gasteiger partial charge >= 0.3 is 12.1 Å². The number of benzene rings is 1. The van der Waals surface area contributed by atoms with Crippen molar-refractivity contribution in [2.24, 2.45) is 0 Å². The molecule has 216 valence electrons. The van der Waals surface area contributed by atoms with Crippen LogP contribution in [0, 0.1) is 23.3 Å². The van der Waals surface area contributed by atoms with Gasteiger partial charge in [-0.1, -0.05) is 0 Å². The largest absolute Gasteiger partial charge is 0.455 e. The lowest BCUT2D eigenvalue weighted by atomic mass is 10.1. The number of halogens is 9. The average Bonchev–Trinajstić information content (AvgIpc) is 3.16. The summed E-state index contributed by atoms with van der Waals surface area (Å²) in [6.07, 6.45) is -8.41. The zero-order chi connectivity index (χ0) is 29.9. The molecule has 0 bridgehead atoms. The lowest BCUT2D eigenvalue weighted by Gasteiger charge is -2.26. The van der Waals surface area contributed by atoms with Crippen LogP contribution in [0.2, 0.25) is 0 Å². The highest BCUT2D eigenvalue weighted by Crippen LogP contribution is 2.38. The SMILES string of the molecule is CC(NC(=O)c1cn(-c2c(F)cc(F)cc2F)c2nc(N3C[C@@H](O)[C@@H](O)C3)c(F)cc2c1=O)C(F)(F)C(F)(F)F. The summed E-state index contributed by atoms with van der Waals surface area (Å²) in [4.78, 5) is 30.6. The Balaban J connectivity index is 1.95. The van der Waals surface area contributed by atoms with Crippen LogP contribution in [0.3, 0.4) is 0 Å². The molecule has 8 nitrogen and oxygen atoms in total. The van der Waals surface area contributed by atoms with E-state index in [1.807, 2.05) is 0 Å². The Morgan fingerprint density at radius 2 is 1.55 bits per heavy atom. The Hall–Kier alpha value is -3.86. The van der Waals surface area contributed by atoms with Crippen molar-refractivity contribution in [3.63, 3.8) is 0 Å². The van der Waals surface area contributed by atoms with E-state index in [2.05, 4.69) is 4.98 Å². The van der Waals surface area contributed by atoms with Gasteiger partial charge in [-0.15, -0.1) is 0 Å². The number of rotatable bonds is 5. The fourth-order valence-electron chi connectivity index (χ4n) is 4.09.